The van der Waals surface area contributed by atoms with Crippen LogP contribution in [0.4, 0.5) is 27.6 Å². The lowest BCUT2D eigenvalue weighted by atomic mass is 10.2. The van der Waals surface area contributed by atoms with E-state index in [1.165, 1.54) is 37.3 Å². The Morgan fingerprint density at radius 1 is 1.06 bits per heavy atom. The van der Waals surface area contributed by atoms with Gasteiger partial charge < -0.3 is 14.8 Å². The fourth-order valence-electron chi connectivity index (χ4n) is 2.78. The molecule has 2 aromatic carbocycles. The number of hydrogen-bond donors (Lipinski definition) is 1. The van der Waals surface area contributed by atoms with E-state index in [1.54, 1.807) is 0 Å². The van der Waals surface area contributed by atoms with Gasteiger partial charge in [-0.3, -0.25) is 4.79 Å². The van der Waals surface area contributed by atoms with Crippen LogP contribution in [0.3, 0.4) is 0 Å². The third-order valence-corrected chi connectivity index (χ3v) is 5.50. The summed E-state index contributed by atoms with van der Waals surface area (Å²) >= 11 is 0. The Balaban J connectivity index is 1.98. The Labute approximate surface area is 195 Å². The zero-order valence-electron chi connectivity index (χ0n) is 17.9. The van der Waals surface area contributed by atoms with E-state index < -0.39 is 45.7 Å². The smallest absolute Gasteiger partial charge is 0.435 e. The Kier molecular flexibility index (Phi) is 7.24. The molecule has 0 aliphatic heterocycles. The first-order valence-electron chi connectivity index (χ1n) is 9.54. The Bertz CT molecular complexity index is 1360. The maximum atomic E-state index is 13.2. The molecule has 1 N–H and O–H groups in total. The van der Waals surface area contributed by atoms with Gasteiger partial charge >= 0.3 is 12.8 Å². The number of nitrogens with zero attached hydrogens (tertiary/aromatic N) is 2. The number of sulfone groups is 1. The van der Waals surface area contributed by atoms with Crippen molar-refractivity contribution in [3.8, 4) is 17.4 Å². The SMILES string of the molecule is Cc1cc(OC(F)F)ccc1Oc1nnc(C(F)(F)F)cc1C(=O)Nc1cccc(S(C)(=O)=O)c1. The van der Waals surface area contributed by atoms with Crippen LogP contribution in [0.5, 0.6) is 17.4 Å². The zero-order valence-corrected chi connectivity index (χ0v) is 18.7. The number of benzene rings is 2. The fraction of sp³-hybridized carbons (Fsp3) is 0.190. The van der Waals surface area contributed by atoms with Crippen molar-refractivity contribution in [2.45, 2.75) is 24.6 Å². The van der Waals surface area contributed by atoms with Crippen LogP contribution in [0.25, 0.3) is 0 Å². The molecule has 0 spiro atoms. The van der Waals surface area contributed by atoms with Gasteiger partial charge in [-0.15, -0.1) is 10.2 Å². The van der Waals surface area contributed by atoms with Gasteiger partial charge in [-0.2, -0.15) is 22.0 Å². The number of alkyl halides is 5. The number of aromatic nitrogens is 2. The largest absolute Gasteiger partial charge is 0.437 e. The van der Waals surface area contributed by atoms with Crippen LogP contribution in [0.15, 0.2) is 53.4 Å². The van der Waals surface area contributed by atoms with E-state index in [0.717, 1.165) is 18.4 Å². The summed E-state index contributed by atoms with van der Waals surface area (Å²) in [6.07, 6.45) is -3.98. The maximum Gasteiger partial charge on any atom is 0.435 e. The first kappa shape index (κ1) is 25.8. The molecule has 0 aliphatic carbocycles. The van der Waals surface area contributed by atoms with Crippen LogP contribution in [-0.2, 0) is 16.0 Å². The fourth-order valence-corrected chi connectivity index (χ4v) is 3.44. The van der Waals surface area contributed by atoms with Crippen molar-refractivity contribution in [2.24, 2.45) is 0 Å². The van der Waals surface area contributed by atoms with Crippen LogP contribution in [0.1, 0.15) is 21.6 Å². The monoisotopic (exact) mass is 517 g/mol. The highest BCUT2D eigenvalue weighted by Gasteiger charge is 2.35. The van der Waals surface area contributed by atoms with Crippen molar-refractivity contribution in [3.63, 3.8) is 0 Å². The van der Waals surface area contributed by atoms with Gasteiger partial charge in [0.15, 0.2) is 15.5 Å². The van der Waals surface area contributed by atoms with Crippen LogP contribution >= 0.6 is 0 Å². The van der Waals surface area contributed by atoms with Gasteiger partial charge in [0.25, 0.3) is 11.8 Å². The average molecular weight is 517 g/mol. The summed E-state index contributed by atoms with van der Waals surface area (Å²) in [5.74, 6) is -1.91. The molecule has 3 rings (SSSR count). The minimum atomic E-state index is -4.93. The molecule has 1 aromatic heterocycles. The first-order valence-corrected chi connectivity index (χ1v) is 11.4. The Hall–Kier alpha value is -3.81. The summed E-state index contributed by atoms with van der Waals surface area (Å²) < 4.78 is 97.6. The number of amides is 1. The van der Waals surface area contributed by atoms with E-state index in [0.29, 0.717) is 6.07 Å². The van der Waals surface area contributed by atoms with E-state index in [-0.39, 0.29) is 27.6 Å². The number of hydrogen-bond acceptors (Lipinski definition) is 7. The number of nitrogens with one attached hydrogen (secondary N) is 1. The quantitative estimate of drug-likeness (QED) is 0.447. The maximum absolute atomic E-state index is 13.2. The second kappa shape index (κ2) is 9.82. The van der Waals surface area contributed by atoms with Gasteiger partial charge in [-0.25, -0.2) is 8.42 Å². The van der Waals surface area contributed by atoms with Gasteiger partial charge in [0.05, 0.1) is 4.90 Å². The number of carbonyl (C=O) groups is 1. The lowest BCUT2D eigenvalue weighted by Gasteiger charge is -2.14. The van der Waals surface area contributed by atoms with Crippen molar-refractivity contribution in [1.82, 2.24) is 10.2 Å². The molecule has 0 saturated carbocycles. The van der Waals surface area contributed by atoms with Crippen molar-refractivity contribution in [3.05, 3.63) is 65.4 Å². The molecule has 8 nitrogen and oxygen atoms in total. The summed E-state index contributed by atoms with van der Waals surface area (Å²) in [7, 11) is -3.62. The molecule has 0 bridgehead atoms. The second-order valence-electron chi connectivity index (χ2n) is 7.11. The van der Waals surface area contributed by atoms with Gasteiger partial charge in [0.1, 0.15) is 17.1 Å². The molecule has 1 amide bonds. The highest BCUT2D eigenvalue weighted by atomic mass is 32.2. The summed E-state index contributed by atoms with van der Waals surface area (Å²) in [6.45, 7) is -1.62. The van der Waals surface area contributed by atoms with Crippen molar-refractivity contribution in [1.29, 1.82) is 0 Å². The zero-order chi connectivity index (χ0) is 26.0. The highest BCUT2D eigenvalue weighted by molar-refractivity contribution is 7.90. The molecule has 1 heterocycles. The molecule has 35 heavy (non-hydrogen) atoms. The van der Waals surface area contributed by atoms with Crippen LogP contribution in [-0.4, -0.2) is 37.4 Å². The van der Waals surface area contributed by atoms with E-state index in [4.69, 9.17) is 4.74 Å². The predicted molar refractivity (Wildman–Crippen MR) is 112 cm³/mol. The Morgan fingerprint density at radius 2 is 1.77 bits per heavy atom. The van der Waals surface area contributed by atoms with Gasteiger partial charge in [-0.1, -0.05) is 6.07 Å². The third-order valence-electron chi connectivity index (χ3n) is 4.39. The summed E-state index contributed by atoms with van der Waals surface area (Å²) in [5, 5.41) is 8.72. The molecule has 0 atom stereocenters. The third kappa shape index (κ3) is 6.62. The van der Waals surface area contributed by atoms with Crippen LogP contribution < -0.4 is 14.8 Å². The number of anilines is 1. The van der Waals surface area contributed by atoms with E-state index in [2.05, 4.69) is 20.3 Å². The number of ether oxygens (including phenoxy) is 2. The first-order chi connectivity index (χ1) is 16.2. The van der Waals surface area contributed by atoms with Crippen LogP contribution in [0, 0.1) is 6.92 Å². The summed E-state index contributed by atoms with van der Waals surface area (Å²) in [6, 6.07) is 9.00. The normalized spacial score (nSPS) is 11.9. The van der Waals surface area contributed by atoms with E-state index in [1.807, 2.05) is 0 Å². The molecule has 0 radical (unpaired) electrons. The number of carbonyl (C=O) groups excluding carboxylic acids is 1. The number of halogens is 5. The van der Waals surface area contributed by atoms with E-state index in [9.17, 15) is 35.2 Å². The lowest BCUT2D eigenvalue weighted by Crippen LogP contribution is -2.18. The summed E-state index contributed by atoms with van der Waals surface area (Å²) in [5.41, 5.74) is -1.90. The van der Waals surface area contributed by atoms with Crippen molar-refractivity contribution >= 4 is 21.4 Å². The van der Waals surface area contributed by atoms with Gasteiger partial charge in [0, 0.05) is 11.9 Å². The second-order valence-corrected chi connectivity index (χ2v) is 9.12. The van der Waals surface area contributed by atoms with E-state index >= 15 is 0 Å². The molecule has 0 unspecified atom stereocenters. The predicted octanol–water partition coefficient (Wildman–Crippen LogP) is 4.85. The van der Waals surface area contributed by atoms with Gasteiger partial charge in [0.2, 0.25) is 0 Å². The molecular formula is C21H16F5N3O5S. The lowest BCUT2D eigenvalue weighted by molar-refractivity contribution is -0.141. The number of aryl methyl sites for hydroxylation is 1. The van der Waals surface area contributed by atoms with Gasteiger partial charge in [-0.05, 0) is 55.0 Å². The van der Waals surface area contributed by atoms with Crippen molar-refractivity contribution in [2.75, 3.05) is 11.6 Å². The molecule has 0 saturated heterocycles. The number of rotatable bonds is 7. The molecule has 0 aliphatic rings. The highest BCUT2D eigenvalue weighted by Crippen LogP contribution is 2.33. The van der Waals surface area contributed by atoms with Crippen LogP contribution in [0.2, 0.25) is 0 Å². The molecule has 0 fully saturated rings. The molecule has 3 aromatic rings. The van der Waals surface area contributed by atoms with Crippen molar-refractivity contribution < 1.29 is 44.6 Å². The summed E-state index contributed by atoms with van der Waals surface area (Å²) in [4.78, 5) is 12.7. The topological polar surface area (TPSA) is 107 Å². The molecular weight excluding hydrogens is 501 g/mol. The molecule has 14 heteroatoms. The molecule has 186 valence electrons. The standard InChI is InChI=1S/C21H16F5N3O5S/c1-11-8-13(33-20(22)23)6-7-16(11)34-19-15(10-17(28-29-19)21(24,25)26)18(30)27-12-4-3-5-14(9-12)35(2,31)32/h3-10,20H,1-2H3,(H,27,30). The minimum Gasteiger partial charge on any atom is -0.437 e. The average Bonchev–Trinajstić information content (AvgIpc) is 2.74. The Morgan fingerprint density at radius 3 is 2.37 bits per heavy atom. The minimum absolute atomic E-state index is 0.0149.